The van der Waals surface area contributed by atoms with Crippen LogP contribution in [0, 0.1) is 0 Å². The van der Waals surface area contributed by atoms with Crippen LogP contribution in [0.15, 0.2) is 48.8 Å². The maximum Gasteiger partial charge on any atom is 0.252 e. The lowest BCUT2D eigenvalue weighted by Gasteiger charge is -2.17. The maximum atomic E-state index is 12.0. The van der Waals surface area contributed by atoms with Gasteiger partial charge in [-0.05, 0) is 29.8 Å². The summed E-state index contributed by atoms with van der Waals surface area (Å²) in [6.45, 7) is 0.372. The summed E-state index contributed by atoms with van der Waals surface area (Å²) in [6, 6.07) is 11.0. The molecule has 21 heavy (non-hydrogen) atoms. The van der Waals surface area contributed by atoms with Gasteiger partial charge in [-0.25, -0.2) is 0 Å². The van der Waals surface area contributed by atoms with E-state index in [0.717, 1.165) is 11.3 Å². The number of pyridine rings is 1. The van der Waals surface area contributed by atoms with Gasteiger partial charge in [0.25, 0.3) is 5.91 Å². The van der Waals surface area contributed by atoms with E-state index >= 15 is 0 Å². The first-order valence-electron chi connectivity index (χ1n) is 6.59. The number of amides is 1. The summed E-state index contributed by atoms with van der Waals surface area (Å²) in [4.78, 5) is 15.9. The normalized spacial score (nSPS) is 11.7. The third-order valence-corrected chi connectivity index (χ3v) is 3.12. The number of ether oxygens (including phenoxy) is 2. The molecule has 0 bridgehead atoms. The molecule has 0 radical (unpaired) electrons. The van der Waals surface area contributed by atoms with Crippen LogP contribution in [0.1, 0.15) is 22.0 Å². The summed E-state index contributed by atoms with van der Waals surface area (Å²) in [6.07, 6.45) is 2.92. The molecule has 0 fully saturated rings. The Labute approximate surface area is 123 Å². The molecule has 0 aliphatic rings. The molecular formula is C16H18N2O3. The second kappa shape index (κ2) is 7.40. The van der Waals surface area contributed by atoms with Crippen molar-refractivity contribution < 1.29 is 14.3 Å². The average molecular weight is 286 g/mol. The summed E-state index contributed by atoms with van der Waals surface area (Å²) in [5.74, 6) is 0.584. The zero-order valence-corrected chi connectivity index (χ0v) is 12.1. The molecule has 1 amide bonds. The highest BCUT2D eigenvalue weighted by Gasteiger charge is 2.13. The Morgan fingerprint density at radius 3 is 2.81 bits per heavy atom. The summed E-state index contributed by atoms with van der Waals surface area (Å²) in [7, 11) is 3.23. The zero-order chi connectivity index (χ0) is 15.1. The number of aromatic nitrogens is 1. The molecule has 1 aromatic carbocycles. The van der Waals surface area contributed by atoms with E-state index in [2.05, 4.69) is 10.3 Å². The Morgan fingerprint density at radius 1 is 1.29 bits per heavy atom. The zero-order valence-electron chi connectivity index (χ0n) is 12.1. The highest BCUT2D eigenvalue weighted by Crippen LogP contribution is 2.21. The van der Waals surface area contributed by atoms with Gasteiger partial charge in [0.15, 0.2) is 0 Å². The lowest BCUT2D eigenvalue weighted by atomic mass is 10.1. The third-order valence-electron chi connectivity index (χ3n) is 3.12. The molecule has 0 saturated heterocycles. The molecule has 2 aromatic rings. The van der Waals surface area contributed by atoms with Gasteiger partial charge in [0.2, 0.25) is 0 Å². The van der Waals surface area contributed by atoms with E-state index in [0.29, 0.717) is 12.1 Å². The Balaban J connectivity index is 2.01. The molecule has 110 valence electrons. The molecule has 1 atom stereocenters. The number of nitrogens with one attached hydrogen (secondary N) is 1. The summed E-state index contributed by atoms with van der Waals surface area (Å²) < 4.78 is 10.6. The molecule has 0 aliphatic carbocycles. The minimum absolute atomic E-state index is 0.173. The molecule has 0 aliphatic heterocycles. The SMILES string of the molecule is COc1cccc(C(CNC(=O)c2cccnc2)OC)c1. The highest BCUT2D eigenvalue weighted by molar-refractivity contribution is 5.93. The minimum atomic E-state index is -0.235. The van der Waals surface area contributed by atoms with Crippen LogP contribution in [0.2, 0.25) is 0 Å². The van der Waals surface area contributed by atoms with E-state index in [1.54, 1.807) is 32.5 Å². The summed E-state index contributed by atoms with van der Waals surface area (Å²) in [5, 5.41) is 2.84. The van der Waals surface area contributed by atoms with Crippen molar-refractivity contribution in [3.05, 3.63) is 59.9 Å². The first kappa shape index (κ1) is 15.0. The van der Waals surface area contributed by atoms with Crippen molar-refractivity contribution in [2.45, 2.75) is 6.10 Å². The summed E-state index contributed by atoms with van der Waals surface area (Å²) in [5.41, 5.74) is 1.47. The fourth-order valence-electron chi connectivity index (χ4n) is 1.96. The molecule has 5 heteroatoms. The lowest BCUT2D eigenvalue weighted by molar-refractivity contribution is 0.0827. The smallest absolute Gasteiger partial charge is 0.252 e. The van der Waals surface area contributed by atoms with Gasteiger partial charge in [0, 0.05) is 26.0 Å². The van der Waals surface area contributed by atoms with Gasteiger partial charge in [-0.1, -0.05) is 12.1 Å². The van der Waals surface area contributed by atoms with Crippen LogP contribution in [0.3, 0.4) is 0 Å². The standard InChI is InChI=1S/C16H18N2O3/c1-20-14-7-3-5-12(9-14)15(21-2)11-18-16(19)13-6-4-8-17-10-13/h3-10,15H,11H2,1-2H3,(H,18,19). The molecule has 1 aromatic heterocycles. The second-order valence-corrected chi connectivity index (χ2v) is 4.45. The predicted octanol–water partition coefficient (Wildman–Crippen LogP) is 2.21. The van der Waals surface area contributed by atoms with Crippen LogP contribution < -0.4 is 10.1 Å². The number of carbonyl (C=O) groups is 1. The number of benzene rings is 1. The van der Waals surface area contributed by atoms with Crippen molar-refractivity contribution in [2.24, 2.45) is 0 Å². The van der Waals surface area contributed by atoms with Crippen LogP contribution in [-0.4, -0.2) is 31.7 Å². The molecule has 1 heterocycles. The number of carbonyl (C=O) groups excluding carboxylic acids is 1. The Morgan fingerprint density at radius 2 is 2.14 bits per heavy atom. The third kappa shape index (κ3) is 4.03. The molecular weight excluding hydrogens is 268 g/mol. The van der Waals surface area contributed by atoms with Crippen molar-refractivity contribution in [2.75, 3.05) is 20.8 Å². The van der Waals surface area contributed by atoms with Crippen molar-refractivity contribution >= 4 is 5.91 Å². The van der Waals surface area contributed by atoms with E-state index in [1.165, 1.54) is 6.20 Å². The highest BCUT2D eigenvalue weighted by atomic mass is 16.5. The van der Waals surface area contributed by atoms with Gasteiger partial charge in [-0.15, -0.1) is 0 Å². The maximum absolute atomic E-state index is 12.0. The number of hydrogen-bond donors (Lipinski definition) is 1. The van der Waals surface area contributed by atoms with Crippen molar-refractivity contribution in [3.8, 4) is 5.75 Å². The van der Waals surface area contributed by atoms with Gasteiger partial charge in [-0.2, -0.15) is 0 Å². The molecule has 0 saturated carbocycles. The van der Waals surface area contributed by atoms with Crippen LogP contribution in [0.4, 0.5) is 0 Å². The topological polar surface area (TPSA) is 60.5 Å². The van der Waals surface area contributed by atoms with E-state index in [1.807, 2.05) is 24.3 Å². The van der Waals surface area contributed by atoms with Gasteiger partial charge >= 0.3 is 0 Å². The van der Waals surface area contributed by atoms with E-state index in [-0.39, 0.29) is 12.0 Å². The number of rotatable bonds is 6. The van der Waals surface area contributed by atoms with Crippen LogP contribution >= 0.6 is 0 Å². The van der Waals surface area contributed by atoms with Crippen LogP contribution in [0.25, 0.3) is 0 Å². The number of nitrogens with zero attached hydrogens (tertiary/aromatic N) is 1. The minimum Gasteiger partial charge on any atom is -0.497 e. The molecule has 1 unspecified atom stereocenters. The van der Waals surface area contributed by atoms with Gasteiger partial charge in [0.05, 0.1) is 18.8 Å². The van der Waals surface area contributed by atoms with Crippen molar-refractivity contribution in [3.63, 3.8) is 0 Å². The lowest BCUT2D eigenvalue weighted by Crippen LogP contribution is -2.29. The Hall–Kier alpha value is -2.40. The molecule has 5 nitrogen and oxygen atoms in total. The van der Waals surface area contributed by atoms with Gasteiger partial charge in [0.1, 0.15) is 5.75 Å². The first-order valence-corrected chi connectivity index (χ1v) is 6.59. The second-order valence-electron chi connectivity index (χ2n) is 4.45. The largest absolute Gasteiger partial charge is 0.497 e. The molecule has 2 rings (SSSR count). The van der Waals surface area contributed by atoms with E-state index in [4.69, 9.17) is 9.47 Å². The molecule has 1 N–H and O–H groups in total. The van der Waals surface area contributed by atoms with Crippen LogP contribution in [-0.2, 0) is 4.74 Å². The fraction of sp³-hybridized carbons (Fsp3) is 0.250. The van der Waals surface area contributed by atoms with Crippen molar-refractivity contribution in [1.82, 2.24) is 10.3 Å². The van der Waals surface area contributed by atoms with Gasteiger partial charge < -0.3 is 14.8 Å². The first-order chi connectivity index (χ1) is 10.2. The number of hydrogen-bond acceptors (Lipinski definition) is 4. The van der Waals surface area contributed by atoms with E-state index in [9.17, 15) is 4.79 Å². The number of methoxy groups -OCH3 is 2. The summed E-state index contributed by atoms with van der Waals surface area (Å²) >= 11 is 0. The monoisotopic (exact) mass is 286 g/mol. The fourth-order valence-corrected chi connectivity index (χ4v) is 1.96. The van der Waals surface area contributed by atoms with Crippen molar-refractivity contribution in [1.29, 1.82) is 0 Å². The Bertz CT molecular complexity index is 587. The quantitative estimate of drug-likeness (QED) is 0.884. The van der Waals surface area contributed by atoms with Crippen LogP contribution in [0.5, 0.6) is 5.75 Å². The molecule has 0 spiro atoms. The Kier molecular flexibility index (Phi) is 5.29. The average Bonchev–Trinajstić information content (AvgIpc) is 2.56. The predicted molar refractivity (Wildman–Crippen MR) is 79.3 cm³/mol. The van der Waals surface area contributed by atoms with Gasteiger partial charge in [-0.3, -0.25) is 9.78 Å². The van der Waals surface area contributed by atoms with E-state index < -0.39 is 0 Å².